The van der Waals surface area contributed by atoms with Gasteiger partial charge in [0.05, 0.1) is 0 Å². The number of H-pyrrole nitrogens is 1. The van der Waals surface area contributed by atoms with Crippen LogP contribution in [0.1, 0.15) is 193 Å². The summed E-state index contributed by atoms with van der Waals surface area (Å²) in [5.74, 6) is 3.33. The van der Waals surface area contributed by atoms with Gasteiger partial charge in [-0.05, 0) is 107 Å². The molecule has 6 aromatic heterocycles. The van der Waals surface area contributed by atoms with Crippen molar-refractivity contribution in [2.45, 2.75) is 240 Å². The van der Waals surface area contributed by atoms with Gasteiger partial charge in [0.15, 0.2) is 5.82 Å². The molecule has 4 fully saturated rings. The van der Waals surface area contributed by atoms with E-state index in [1.54, 1.807) is 29.5 Å². The Morgan fingerprint density at radius 2 is 1.10 bits per heavy atom. The van der Waals surface area contributed by atoms with Crippen molar-refractivity contribution in [1.82, 2.24) is 49.9 Å². The van der Waals surface area contributed by atoms with E-state index in [1.807, 2.05) is 50.2 Å². The van der Waals surface area contributed by atoms with Crippen molar-refractivity contribution in [3.05, 3.63) is 72.3 Å². The summed E-state index contributed by atoms with van der Waals surface area (Å²) in [5.41, 5.74) is 5.38. The van der Waals surface area contributed by atoms with E-state index in [2.05, 4.69) is 98.5 Å². The summed E-state index contributed by atoms with van der Waals surface area (Å²) in [5, 5.41) is 30.6. The topological polar surface area (TPSA) is 271 Å². The zero-order chi connectivity index (χ0) is 64.9. The Bertz CT molecular complexity index is 3040. The van der Waals surface area contributed by atoms with Gasteiger partial charge in [0.2, 0.25) is 17.6 Å². The van der Waals surface area contributed by atoms with Gasteiger partial charge in [0.25, 0.3) is 0 Å². The van der Waals surface area contributed by atoms with Crippen LogP contribution in [0.25, 0.3) is 45.3 Å². The van der Waals surface area contributed by atoms with Gasteiger partial charge in [0.1, 0.15) is 54.4 Å². The second kappa shape index (κ2) is 36.8. The Kier molecular flexibility index (Phi) is 29.5. The van der Waals surface area contributed by atoms with Crippen molar-refractivity contribution in [3.8, 4) is 69.1 Å². The largest absolute Gasteiger partial charge is 0.481 e. The molecule has 90 heavy (non-hydrogen) atoms. The fourth-order valence-electron chi connectivity index (χ4n) is 10.2. The molecule has 0 aliphatic heterocycles. The normalized spacial score (nSPS) is 15.4. The number of pyridine rings is 4. The van der Waals surface area contributed by atoms with Crippen molar-refractivity contribution in [1.29, 1.82) is 0 Å². The van der Waals surface area contributed by atoms with Gasteiger partial charge in [-0.25, -0.2) is 9.97 Å². The molecule has 20 nitrogen and oxygen atoms in total. The first-order chi connectivity index (χ1) is 43.5. The maximum atomic E-state index is 11.6. The number of carbonyl (C=O) groups is 2. The van der Waals surface area contributed by atoms with Crippen LogP contribution in [0.5, 0.6) is 23.8 Å². The molecule has 494 valence electrons. The highest BCUT2D eigenvalue weighted by Crippen LogP contribution is 2.43. The number of aromatic nitrogens is 10. The predicted molar refractivity (Wildman–Crippen MR) is 352 cm³/mol. The zero-order valence-electron chi connectivity index (χ0n) is 55.2. The fraction of sp³-hybridized carbons (Fsp3) is 0.618. The van der Waals surface area contributed by atoms with Crippen LogP contribution in [0.3, 0.4) is 0 Å². The van der Waals surface area contributed by atoms with Crippen LogP contribution >= 0.6 is 0 Å². The van der Waals surface area contributed by atoms with Crippen molar-refractivity contribution >= 4 is 20.0 Å². The van der Waals surface area contributed by atoms with E-state index < -0.39 is 30.8 Å². The van der Waals surface area contributed by atoms with Crippen molar-refractivity contribution in [2.24, 2.45) is 16.8 Å². The van der Waals surface area contributed by atoms with E-state index in [-0.39, 0.29) is 25.4 Å². The first-order valence-corrected chi connectivity index (χ1v) is 36.8. The number of halogens is 1. The van der Waals surface area contributed by atoms with E-state index in [1.165, 1.54) is 89.9 Å². The molecular weight excluding hydrogens is 1160 g/mol. The molecule has 10 rings (SSSR count). The molecule has 4 aliphatic rings. The summed E-state index contributed by atoms with van der Waals surface area (Å²) in [6.45, 7) is 21.2. The Morgan fingerprint density at radius 1 is 0.633 bits per heavy atom. The Hall–Kier alpha value is -6.91. The fourth-order valence-corrected chi connectivity index (χ4v) is 11.0. The molecule has 0 amide bonds. The van der Waals surface area contributed by atoms with Gasteiger partial charge in [-0.1, -0.05) is 149 Å². The second-order valence-corrected chi connectivity index (χ2v) is 31.3. The number of carboxylic acids is 2. The van der Waals surface area contributed by atoms with Gasteiger partial charge in [-0.3, -0.25) is 24.7 Å². The van der Waals surface area contributed by atoms with Crippen LogP contribution in [-0.4, -0.2) is 112 Å². The minimum absolute atomic E-state index is 0.139. The number of ether oxygens (including phenoxy) is 5. The molecule has 4 aliphatic carbocycles. The van der Waals surface area contributed by atoms with Crippen LogP contribution < -0.4 is 24.9 Å². The average molecular weight is 1260 g/mol. The van der Waals surface area contributed by atoms with Crippen LogP contribution in [-0.2, 0) is 21.1 Å². The van der Waals surface area contributed by atoms with Crippen LogP contribution in [0.2, 0.25) is 25.7 Å². The SMILES string of the molecule is CCCCCCCC.CCCCCCCC.Cc1cc(OCC2(C(=O)O)CCC2)ncc1-c1ccc(-c2nc(OC3CCC3)n(COCC[Si](C)(C)C)n2)nc1.Cc1cc(OCC2(C(=O)O)CCC2)ncc1-c1ccc(-c2nc(OC3CCC3)n[nH]2)nc1.NF. The number of hydrogen-bond acceptors (Lipinski definition) is 16. The van der Waals surface area contributed by atoms with E-state index in [0.717, 1.165) is 77.9 Å². The summed E-state index contributed by atoms with van der Waals surface area (Å²) >= 11 is 0. The molecule has 22 heteroatoms. The molecule has 4 saturated carbocycles. The van der Waals surface area contributed by atoms with E-state index >= 15 is 0 Å². The summed E-state index contributed by atoms with van der Waals surface area (Å²) in [4.78, 5) is 50.1. The second-order valence-electron chi connectivity index (χ2n) is 25.7. The minimum atomic E-state index is -1.18. The van der Waals surface area contributed by atoms with Gasteiger partial charge >= 0.3 is 24.0 Å². The average Bonchev–Trinajstić information content (AvgIpc) is 1.15. The van der Waals surface area contributed by atoms with Gasteiger partial charge in [0, 0.05) is 73.9 Å². The summed E-state index contributed by atoms with van der Waals surface area (Å²) in [6, 6.07) is 13.3. The van der Waals surface area contributed by atoms with Crippen molar-refractivity contribution < 1.29 is 48.0 Å². The highest BCUT2D eigenvalue weighted by Gasteiger charge is 2.46. The predicted octanol–water partition coefficient (Wildman–Crippen LogP) is 16.0. The van der Waals surface area contributed by atoms with Crippen LogP contribution in [0.4, 0.5) is 4.48 Å². The first kappa shape index (κ1) is 72.2. The number of aryl methyl sites for hydroxylation is 2. The van der Waals surface area contributed by atoms with Gasteiger partial charge in [-0.15, -0.1) is 14.7 Å². The summed E-state index contributed by atoms with van der Waals surface area (Å²) < 4.78 is 39.9. The Morgan fingerprint density at radius 3 is 1.48 bits per heavy atom. The van der Waals surface area contributed by atoms with E-state index in [0.29, 0.717) is 85.8 Å². The molecule has 0 saturated heterocycles. The number of aromatic amines is 1. The van der Waals surface area contributed by atoms with Crippen molar-refractivity contribution in [2.75, 3.05) is 19.8 Å². The zero-order valence-corrected chi connectivity index (χ0v) is 56.2. The third-order valence-electron chi connectivity index (χ3n) is 17.2. The third kappa shape index (κ3) is 21.9. The molecule has 0 aromatic carbocycles. The lowest BCUT2D eigenvalue weighted by Crippen LogP contribution is -2.43. The van der Waals surface area contributed by atoms with Crippen LogP contribution in [0, 0.1) is 24.7 Å². The number of carboxylic acid groups (broad SMARTS) is 2. The molecule has 5 N–H and O–H groups in total. The number of nitrogens with two attached hydrogens (primary N) is 1. The lowest BCUT2D eigenvalue weighted by Gasteiger charge is -2.36. The lowest BCUT2D eigenvalue weighted by molar-refractivity contribution is -0.158. The maximum Gasteiger partial charge on any atom is 0.336 e. The molecule has 6 heterocycles. The molecule has 0 spiro atoms. The summed E-state index contributed by atoms with van der Waals surface area (Å²) in [7, 11) is -1.18. The number of nitrogens with one attached hydrogen (secondary N) is 1. The van der Waals surface area contributed by atoms with E-state index in [4.69, 9.17) is 28.2 Å². The van der Waals surface area contributed by atoms with Crippen molar-refractivity contribution in [3.63, 3.8) is 0 Å². The number of rotatable bonds is 31. The molecule has 0 bridgehead atoms. The quantitative estimate of drug-likeness (QED) is 0.0179. The first-order valence-electron chi connectivity index (χ1n) is 33.1. The number of unbranched alkanes of at least 4 members (excludes halogenated alkanes) is 10. The van der Waals surface area contributed by atoms with Crippen LogP contribution in [0.15, 0.2) is 61.2 Å². The maximum absolute atomic E-state index is 11.6. The Balaban J connectivity index is 0.000000228. The highest BCUT2D eigenvalue weighted by molar-refractivity contribution is 6.76. The molecular formula is C68H102FN11O9Si. The van der Waals surface area contributed by atoms with Gasteiger partial charge < -0.3 is 33.9 Å². The molecule has 6 aromatic rings. The summed E-state index contributed by atoms with van der Waals surface area (Å²) in [6.07, 6.45) is 35.4. The highest BCUT2D eigenvalue weighted by atomic mass is 28.3. The number of hydrogen-bond donors (Lipinski definition) is 4. The van der Waals surface area contributed by atoms with E-state index in [9.17, 15) is 19.8 Å². The lowest BCUT2D eigenvalue weighted by atomic mass is 9.69. The minimum Gasteiger partial charge on any atom is -0.481 e. The molecule has 0 atom stereocenters. The smallest absolute Gasteiger partial charge is 0.336 e. The van der Waals surface area contributed by atoms with Gasteiger partial charge in [-0.2, -0.15) is 20.6 Å². The molecule has 0 unspecified atom stereocenters. The third-order valence-corrected chi connectivity index (χ3v) is 18.9. The standard InChI is InChI=1S/C29H39N5O5Si.C23H25N5O4.2C8H18.FH2N/c1-20-15-25(38-18-29(27(35)36)11-6-12-29)31-17-23(20)21-9-10-24(30-16-21)26-32-28(39-22-7-5-8-22)34(33-26)19-37-13-14-40(2,3)4;1-14-10-19(31-13-23(21(29)30)8-3-9-23)25-12-17(14)15-6-7-18(24-11-15)20-26-22(28-27-20)32-16-4-2-5-16;2*1-3-5-7-8-6-4-2;1-2/h9-10,15-17,22H,5-8,11-14,18-19H2,1-4H3,(H,35,36);6-7,10-12,16H,2-5,8-9,13H2,1H3,(H,29,30)(H,26,27,28);2*3-8H2,1-2H3;2H2. The number of nitrogens with zero attached hydrogens (tertiary/aromatic N) is 9. The Labute approximate surface area is 533 Å². The number of aliphatic carboxylic acids is 2. The molecule has 0 radical (unpaired) electrons. The monoisotopic (exact) mass is 1260 g/mol.